The van der Waals surface area contributed by atoms with E-state index >= 15 is 0 Å². The lowest BCUT2D eigenvalue weighted by Crippen LogP contribution is -2.08. The standard InChI is InChI=1S/C16H17N5O2S/c1-2-24(22,23)15-10-8-13(9-11-15)12-17-16-18-19-20-21(16)14-6-4-3-5-7-14/h3-11H,2,12H2,1H3,(H,17,18,20). The molecule has 1 aromatic heterocycles. The smallest absolute Gasteiger partial charge is 0.248 e. The number of rotatable bonds is 6. The van der Waals surface area contributed by atoms with E-state index in [4.69, 9.17) is 0 Å². The molecule has 0 atom stereocenters. The lowest BCUT2D eigenvalue weighted by molar-refractivity contribution is 0.597. The Labute approximate surface area is 140 Å². The average Bonchev–Trinajstić information content (AvgIpc) is 3.09. The van der Waals surface area contributed by atoms with Gasteiger partial charge in [-0.3, -0.25) is 0 Å². The van der Waals surface area contributed by atoms with Crippen LogP contribution < -0.4 is 5.32 Å². The largest absolute Gasteiger partial charge is 0.349 e. The molecule has 24 heavy (non-hydrogen) atoms. The molecule has 0 saturated heterocycles. The molecule has 0 aliphatic rings. The van der Waals surface area contributed by atoms with Gasteiger partial charge in [-0.05, 0) is 40.3 Å². The molecule has 124 valence electrons. The van der Waals surface area contributed by atoms with Crippen molar-refractivity contribution in [1.29, 1.82) is 0 Å². The van der Waals surface area contributed by atoms with Crippen molar-refractivity contribution in [2.24, 2.45) is 0 Å². The number of anilines is 1. The Hall–Kier alpha value is -2.74. The Kier molecular flexibility index (Phi) is 4.57. The van der Waals surface area contributed by atoms with Crippen molar-refractivity contribution in [2.45, 2.75) is 18.4 Å². The number of tetrazole rings is 1. The molecule has 0 aliphatic carbocycles. The van der Waals surface area contributed by atoms with Crippen LogP contribution in [0.2, 0.25) is 0 Å². The summed E-state index contributed by atoms with van der Waals surface area (Å²) in [4.78, 5) is 0.336. The van der Waals surface area contributed by atoms with E-state index in [1.165, 1.54) is 0 Å². The highest BCUT2D eigenvalue weighted by Crippen LogP contribution is 2.14. The van der Waals surface area contributed by atoms with E-state index in [0.29, 0.717) is 17.4 Å². The van der Waals surface area contributed by atoms with Crippen molar-refractivity contribution in [3.05, 3.63) is 60.2 Å². The van der Waals surface area contributed by atoms with Crippen LogP contribution in [0, 0.1) is 0 Å². The lowest BCUT2D eigenvalue weighted by Gasteiger charge is -2.08. The fourth-order valence-corrected chi connectivity index (χ4v) is 3.09. The van der Waals surface area contributed by atoms with Crippen LogP contribution in [-0.2, 0) is 16.4 Å². The summed E-state index contributed by atoms with van der Waals surface area (Å²) in [5, 5.41) is 14.8. The zero-order chi connectivity index (χ0) is 17.0. The normalized spacial score (nSPS) is 11.4. The van der Waals surface area contributed by atoms with Crippen LogP contribution in [0.1, 0.15) is 12.5 Å². The maximum Gasteiger partial charge on any atom is 0.248 e. The Morgan fingerprint density at radius 2 is 1.75 bits per heavy atom. The SMILES string of the molecule is CCS(=O)(=O)c1ccc(CNc2nnnn2-c2ccccc2)cc1. The lowest BCUT2D eigenvalue weighted by atomic mass is 10.2. The second-order valence-electron chi connectivity index (χ2n) is 5.15. The molecule has 3 rings (SSSR count). The fraction of sp³-hybridized carbons (Fsp3) is 0.188. The third-order valence-electron chi connectivity index (χ3n) is 3.58. The second-order valence-corrected chi connectivity index (χ2v) is 7.43. The minimum atomic E-state index is -3.17. The summed E-state index contributed by atoms with van der Waals surface area (Å²) >= 11 is 0. The molecule has 0 spiro atoms. The minimum Gasteiger partial charge on any atom is -0.349 e. The summed E-state index contributed by atoms with van der Waals surface area (Å²) < 4.78 is 25.2. The van der Waals surface area contributed by atoms with Gasteiger partial charge in [0.25, 0.3) is 0 Å². The average molecular weight is 343 g/mol. The van der Waals surface area contributed by atoms with E-state index in [1.807, 2.05) is 30.3 Å². The predicted molar refractivity (Wildman–Crippen MR) is 90.6 cm³/mol. The van der Waals surface area contributed by atoms with Crippen LogP contribution in [0.4, 0.5) is 5.95 Å². The molecule has 0 amide bonds. The molecule has 0 unspecified atom stereocenters. The van der Waals surface area contributed by atoms with Gasteiger partial charge in [0.1, 0.15) is 0 Å². The van der Waals surface area contributed by atoms with Crippen LogP contribution in [0.15, 0.2) is 59.5 Å². The molecule has 1 heterocycles. The summed E-state index contributed by atoms with van der Waals surface area (Å²) in [6.07, 6.45) is 0. The number of benzene rings is 2. The summed E-state index contributed by atoms with van der Waals surface area (Å²) in [6, 6.07) is 16.4. The van der Waals surface area contributed by atoms with E-state index in [0.717, 1.165) is 11.3 Å². The molecule has 7 nitrogen and oxygen atoms in total. The zero-order valence-electron chi connectivity index (χ0n) is 13.1. The number of para-hydroxylation sites is 1. The first-order chi connectivity index (χ1) is 11.6. The monoisotopic (exact) mass is 343 g/mol. The highest BCUT2D eigenvalue weighted by atomic mass is 32.2. The van der Waals surface area contributed by atoms with Gasteiger partial charge in [-0.15, -0.1) is 0 Å². The van der Waals surface area contributed by atoms with Crippen molar-refractivity contribution in [3.63, 3.8) is 0 Å². The molecular weight excluding hydrogens is 326 g/mol. The van der Waals surface area contributed by atoms with Crippen molar-refractivity contribution in [1.82, 2.24) is 20.2 Å². The van der Waals surface area contributed by atoms with Crippen molar-refractivity contribution in [3.8, 4) is 5.69 Å². The fourth-order valence-electron chi connectivity index (χ4n) is 2.20. The first-order valence-electron chi connectivity index (χ1n) is 7.49. The Bertz CT molecular complexity index is 905. The van der Waals surface area contributed by atoms with Gasteiger partial charge in [-0.1, -0.05) is 42.4 Å². The molecule has 0 aliphatic heterocycles. The molecule has 0 bridgehead atoms. The van der Waals surface area contributed by atoms with E-state index in [9.17, 15) is 8.42 Å². The van der Waals surface area contributed by atoms with Crippen molar-refractivity contribution >= 4 is 15.8 Å². The van der Waals surface area contributed by atoms with Crippen LogP contribution in [-0.4, -0.2) is 34.4 Å². The van der Waals surface area contributed by atoms with Gasteiger partial charge < -0.3 is 5.32 Å². The van der Waals surface area contributed by atoms with Crippen LogP contribution in [0.5, 0.6) is 0 Å². The van der Waals surface area contributed by atoms with Crippen molar-refractivity contribution in [2.75, 3.05) is 11.1 Å². The van der Waals surface area contributed by atoms with Crippen LogP contribution >= 0.6 is 0 Å². The number of aromatic nitrogens is 4. The van der Waals surface area contributed by atoms with Crippen molar-refractivity contribution < 1.29 is 8.42 Å². The Morgan fingerprint density at radius 3 is 2.42 bits per heavy atom. The van der Waals surface area contributed by atoms with Gasteiger partial charge in [0.15, 0.2) is 9.84 Å². The molecule has 8 heteroatoms. The van der Waals surface area contributed by atoms with Gasteiger partial charge in [0.05, 0.1) is 16.3 Å². The van der Waals surface area contributed by atoms with Gasteiger partial charge in [-0.25, -0.2) is 8.42 Å². The maximum absolute atomic E-state index is 11.8. The molecule has 0 saturated carbocycles. The van der Waals surface area contributed by atoms with Gasteiger partial charge in [-0.2, -0.15) is 4.68 Å². The van der Waals surface area contributed by atoms with E-state index in [-0.39, 0.29) is 5.75 Å². The quantitative estimate of drug-likeness (QED) is 0.737. The first kappa shape index (κ1) is 16.1. The minimum absolute atomic E-state index is 0.0937. The molecular formula is C16H17N5O2S. The third-order valence-corrected chi connectivity index (χ3v) is 5.33. The highest BCUT2D eigenvalue weighted by Gasteiger charge is 2.11. The number of sulfone groups is 1. The molecule has 0 fully saturated rings. The number of hydrogen-bond acceptors (Lipinski definition) is 6. The first-order valence-corrected chi connectivity index (χ1v) is 9.15. The van der Waals surface area contributed by atoms with Crippen LogP contribution in [0.25, 0.3) is 5.69 Å². The molecule has 0 radical (unpaired) electrons. The van der Waals surface area contributed by atoms with Gasteiger partial charge >= 0.3 is 0 Å². The maximum atomic E-state index is 11.8. The molecule has 3 aromatic rings. The number of hydrogen-bond donors (Lipinski definition) is 1. The predicted octanol–water partition coefficient (Wildman–Crippen LogP) is 2.07. The van der Waals surface area contributed by atoms with Crippen LogP contribution in [0.3, 0.4) is 0 Å². The second kappa shape index (κ2) is 6.79. The van der Waals surface area contributed by atoms with E-state index in [1.54, 1.807) is 35.9 Å². The van der Waals surface area contributed by atoms with E-state index < -0.39 is 9.84 Å². The number of nitrogens with zero attached hydrogens (tertiary/aromatic N) is 4. The number of nitrogens with one attached hydrogen (secondary N) is 1. The highest BCUT2D eigenvalue weighted by molar-refractivity contribution is 7.91. The summed E-state index contributed by atoms with van der Waals surface area (Å²) in [5.41, 5.74) is 1.79. The zero-order valence-corrected chi connectivity index (χ0v) is 13.9. The molecule has 1 N–H and O–H groups in total. The third kappa shape index (κ3) is 3.43. The summed E-state index contributed by atoms with van der Waals surface area (Å²) in [6.45, 7) is 2.12. The van der Waals surface area contributed by atoms with Gasteiger partial charge in [0.2, 0.25) is 5.95 Å². The van der Waals surface area contributed by atoms with E-state index in [2.05, 4.69) is 20.8 Å². The Balaban J connectivity index is 1.72. The molecule has 2 aromatic carbocycles. The Morgan fingerprint density at radius 1 is 1.04 bits per heavy atom. The topological polar surface area (TPSA) is 89.8 Å². The van der Waals surface area contributed by atoms with Gasteiger partial charge in [0, 0.05) is 6.54 Å². The summed E-state index contributed by atoms with van der Waals surface area (Å²) in [5.74, 6) is 0.614. The summed E-state index contributed by atoms with van der Waals surface area (Å²) in [7, 11) is -3.17.